The van der Waals surface area contributed by atoms with Crippen molar-refractivity contribution in [2.24, 2.45) is 0 Å². The lowest BCUT2D eigenvalue weighted by Crippen LogP contribution is -2.21. The Balaban J connectivity index is 1.84. The Morgan fingerprint density at radius 1 is 1.04 bits per heavy atom. The SMILES string of the molecule is CC1=CCC(C)(C)c2cc(C(=O)/C=C/c3ccc(C(=O)O)cc3)ccc21. The maximum Gasteiger partial charge on any atom is 0.335 e. The smallest absolute Gasteiger partial charge is 0.335 e. The van der Waals surface area contributed by atoms with Gasteiger partial charge >= 0.3 is 5.97 Å². The van der Waals surface area contributed by atoms with Gasteiger partial charge in [-0.3, -0.25) is 4.79 Å². The van der Waals surface area contributed by atoms with Crippen molar-refractivity contribution in [2.45, 2.75) is 32.6 Å². The number of allylic oxidation sites excluding steroid dienone is 3. The molecule has 132 valence electrons. The van der Waals surface area contributed by atoms with Crippen molar-refractivity contribution in [1.29, 1.82) is 0 Å². The second kappa shape index (κ2) is 6.75. The van der Waals surface area contributed by atoms with Crippen LogP contribution < -0.4 is 0 Å². The number of carboxylic acid groups (broad SMARTS) is 1. The van der Waals surface area contributed by atoms with Gasteiger partial charge in [0.1, 0.15) is 0 Å². The van der Waals surface area contributed by atoms with Gasteiger partial charge in [-0.1, -0.05) is 50.3 Å². The molecule has 3 nitrogen and oxygen atoms in total. The van der Waals surface area contributed by atoms with Crippen LogP contribution in [0.5, 0.6) is 0 Å². The molecule has 1 aliphatic rings. The average molecular weight is 346 g/mol. The molecule has 1 aliphatic carbocycles. The van der Waals surface area contributed by atoms with Crippen molar-refractivity contribution >= 4 is 23.4 Å². The Morgan fingerprint density at radius 3 is 2.35 bits per heavy atom. The van der Waals surface area contributed by atoms with E-state index in [1.165, 1.54) is 34.9 Å². The van der Waals surface area contributed by atoms with E-state index in [1.807, 2.05) is 18.2 Å². The normalized spacial score (nSPS) is 15.4. The maximum absolute atomic E-state index is 12.6. The van der Waals surface area contributed by atoms with Crippen molar-refractivity contribution in [3.8, 4) is 0 Å². The molecule has 0 bridgehead atoms. The Hall–Kier alpha value is -2.94. The zero-order chi connectivity index (χ0) is 18.9. The molecule has 2 aromatic rings. The summed E-state index contributed by atoms with van der Waals surface area (Å²) in [7, 11) is 0. The molecule has 0 saturated carbocycles. The highest BCUT2D eigenvalue weighted by Gasteiger charge is 2.27. The molecule has 1 N–H and O–H groups in total. The van der Waals surface area contributed by atoms with Gasteiger partial charge in [0.2, 0.25) is 0 Å². The van der Waals surface area contributed by atoms with E-state index in [0.29, 0.717) is 5.56 Å². The predicted molar refractivity (Wildman–Crippen MR) is 105 cm³/mol. The highest BCUT2D eigenvalue weighted by Crippen LogP contribution is 2.39. The molecule has 0 heterocycles. The van der Waals surface area contributed by atoms with Crippen LogP contribution >= 0.6 is 0 Å². The summed E-state index contributed by atoms with van der Waals surface area (Å²) in [5, 5.41) is 8.92. The van der Waals surface area contributed by atoms with Crippen molar-refractivity contribution in [1.82, 2.24) is 0 Å². The minimum absolute atomic E-state index is 0.0154. The summed E-state index contributed by atoms with van der Waals surface area (Å²) < 4.78 is 0. The number of fused-ring (bicyclic) bond motifs is 1. The number of hydrogen-bond donors (Lipinski definition) is 1. The summed E-state index contributed by atoms with van der Waals surface area (Å²) in [6, 6.07) is 12.4. The molecule has 0 fully saturated rings. The van der Waals surface area contributed by atoms with Crippen LogP contribution in [0.2, 0.25) is 0 Å². The van der Waals surface area contributed by atoms with Crippen LogP contribution in [0, 0.1) is 0 Å². The molecule has 0 radical (unpaired) electrons. The first-order chi connectivity index (χ1) is 12.3. The number of benzene rings is 2. The van der Waals surface area contributed by atoms with Crippen molar-refractivity contribution < 1.29 is 14.7 Å². The van der Waals surface area contributed by atoms with E-state index < -0.39 is 5.97 Å². The number of carbonyl (C=O) groups excluding carboxylic acids is 1. The largest absolute Gasteiger partial charge is 0.478 e. The van der Waals surface area contributed by atoms with Crippen LogP contribution in [-0.4, -0.2) is 16.9 Å². The Morgan fingerprint density at radius 2 is 1.69 bits per heavy atom. The van der Waals surface area contributed by atoms with Gasteiger partial charge in [0.25, 0.3) is 0 Å². The summed E-state index contributed by atoms with van der Waals surface area (Å²) >= 11 is 0. The van der Waals surface area contributed by atoms with Crippen LogP contribution in [0.15, 0.2) is 54.6 Å². The molecule has 0 saturated heterocycles. The van der Waals surface area contributed by atoms with Crippen LogP contribution in [0.1, 0.15) is 64.6 Å². The summed E-state index contributed by atoms with van der Waals surface area (Å²) in [6.45, 7) is 6.50. The minimum atomic E-state index is -0.961. The molecule has 3 rings (SSSR count). The zero-order valence-electron chi connectivity index (χ0n) is 15.2. The maximum atomic E-state index is 12.6. The van der Waals surface area contributed by atoms with E-state index in [-0.39, 0.29) is 16.8 Å². The molecule has 0 amide bonds. The fourth-order valence-electron chi connectivity index (χ4n) is 3.23. The van der Waals surface area contributed by atoms with Crippen LogP contribution in [0.4, 0.5) is 0 Å². The Kier molecular flexibility index (Phi) is 4.64. The number of aromatic carboxylic acids is 1. The van der Waals surface area contributed by atoms with Crippen molar-refractivity contribution in [3.63, 3.8) is 0 Å². The van der Waals surface area contributed by atoms with Gasteiger partial charge < -0.3 is 5.11 Å². The highest BCUT2D eigenvalue weighted by molar-refractivity contribution is 6.07. The molecule has 0 aromatic heterocycles. The Labute approximate surface area is 153 Å². The fraction of sp³-hybridized carbons (Fsp3) is 0.217. The number of carboxylic acids is 1. The van der Waals surface area contributed by atoms with Crippen molar-refractivity contribution in [3.05, 3.63) is 82.4 Å². The van der Waals surface area contributed by atoms with E-state index in [9.17, 15) is 9.59 Å². The standard InChI is InChI=1S/C23H22O3/c1-15-12-13-23(2,3)20-14-18(9-10-19(15)20)21(24)11-6-16-4-7-17(8-5-16)22(25)26/h4-12,14H,13H2,1-3H3,(H,25,26)/b11-6+. The Bertz CT molecular complexity index is 928. The first kappa shape index (κ1) is 17.9. The molecule has 0 atom stereocenters. The minimum Gasteiger partial charge on any atom is -0.478 e. The first-order valence-electron chi connectivity index (χ1n) is 8.65. The van der Waals surface area contributed by atoms with Crippen molar-refractivity contribution in [2.75, 3.05) is 0 Å². The summed E-state index contributed by atoms with van der Waals surface area (Å²) in [4.78, 5) is 23.5. The molecular weight excluding hydrogens is 324 g/mol. The molecular formula is C23H22O3. The van der Waals surface area contributed by atoms with Gasteiger partial charge in [0.15, 0.2) is 5.78 Å². The summed E-state index contributed by atoms with van der Waals surface area (Å²) in [6.07, 6.45) is 6.47. The molecule has 3 heteroatoms. The molecule has 2 aromatic carbocycles. The average Bonchev–Trinajstić information content (AvgIpc) is 2.63. The summed E-state index contributed by atoms with van der Waals surface area (Å²) in [5.41, 5.74) is 5.39. The number of ketones is 1. The number of hydrogen-bond acceptors (Lipinski definition) is 2. The number of rotatable bonds is 4. The monoisotopic (exact) mass is 346 g/mol. The van der Waals surface area contributed by atoms with Gasteiger partial charge in [-0.25, -0.2) is 4.79 Å². The molecule has 26 heavy (non-hydrogen) atoms. The lowest BCUT2D eigenvalue weighted by Gasteiger charge is -2.31. The third-order valence-corrected chi connectivity index (χ3v) is 4.96. The van der Waals surface area contributed by atoms with E-state index in [2.05, 4.69) is 26.8 Å². The lowest BCUT2D eigenvalue weighted by molar-refractivity contribution is 0.0696. The predicted octanol–water partition coefficient (Wildman–Crippen LogP) is 5.37. The zero-order valence-corrected chi connectivity index (χ0v) is 15.2. The lowest BCUT2D eigenvalue weighted by atomic mass is 9.73. The van der Waals surface area contributed by atoms with Crippen LogP contribution in [0.25, 0.3) is 11.6 Å². The molecule has 0 spiro atoms. The first-order valence-corrected chi connectivity index (χ1v) is 8.65. The second-order valence-corrected chi connectivity index (χ2v) is 7.36. The van der Waals surface area contributed by atoms with Crippen LogP contribution in [0.3, 0.4) is 0 Å². The van der Waals surface area contributed by atoms with Gasteiger partial charge in [-0.05, 0) is 65.3 Å². The van der Waals surface area contributed by atoms with Crippen LogP contribution in [-0.2, 0) is 5.41 Å². The summed E-state index contributed by atoms with van der Waals surface area (Å²) in [5.74, 6) is -1.02. The van der Waals surface area contributed by atoms with E-state index in [0.717, 1.165) is 12.0 Å². The van der Waals surface area contributed by atoms with E-state index in [4.69, 9.17) is 5.11 Å². The third kappa shape index (κ3) is 3.52. The van der Waals surface area contributed by atoms with Gasteiger partial charge in [-0.2, -0.15) is 0 Å². The molecule has 0 aliphatic heterocycles. The quantitative estimate of drug-likeness (QED) is 0.598. The second-order valence-electron chi connectivity index (χ2n) is 7.36. The van der Waals surface area contributed by atoms with E-state index >= 15 is 0 Å². The fourth-order valence-corrected chi connectivity index (χ4v) is 3.23. The van der Waals surface area contributed by atoms with Gasteiger partial charge in [0.05, 0.1) is 5.56 Å². The van der Waals surface area contributed by atoms with E-state index in [1.54, 1.807) is 18.2 Å². The number of carbonyl (C=O) groups is 2. The highest BCUT2D eigenvalue weighted by atomic mass is 16.4. The topological polar surface area (TPSA) is 54.4 Å². The molecule has 0 unspecified atom stereocenters. The van der Waals surface area contributed by atoms with Gasteiger partial charge in [-0.15, -0.1) is 0 Å². The van der Waals surface area contributed by atoms with Gasteiger partial charge in [0, 0.05) is 5.56 Å². The third-order valence-electron chi connectivity index (χ3n) is 4.96.